The van der Waals surface area contributed by atoms with E-state index in [9.17, 15) is 9.59 Å². The minimum Gasteiger partial charge on any atom is -1.00 e. The molecule has 0 atom stereocenters. The number of thiophene rings is 1. The standard InChI is InChI=1S/C17H21N3O2S.BrH/c1-12-13(2)23-17(15(12)16(18)22)19-14(21)8-4-7-11-20-9-5-3-6-10-20;/h3,5-6,9-10H,4,7-8,11H2,1-2H3,(H2-,18,19,21,22);1H. The van der Waals surface area contributed by atoms with Crippen molar-refractivity contribution < 1.29 is 31.1 Å². The molecule has 0 aliphatic rings. The molecular formula is C17H22BrN3O2S. The average Bonchev–Trinajstić information content (AvgIpc) is 2.79. The van der Waals surface area contributed by atoms with E-state index in [1.54, 1.807) is 0 Å². The van der Waals surface area contributed by atoms with Crippen molar-refractivity contribution in [2.45, 2.75) is 39.7 Å². The fourth-order valence-corrected chi connectivity index (χ4v) is 3.45. The van der Waals surface area contributed by atoms with E-state index in [2.05, 4.69) is 9.88 Å². The summed E-state index contributed by atoms with van der Waals surface area (Å²) in [5.41, 5.74) is 6.68. The number of aryl methyl sites for hydroxylation is 2. The molecule has 0 aromatic carbocycles. The third-order valence-corrected chi connectivity index (χ3v) is 4.85. The summed E-state index contributed by atoms with van der Waals surface area (Å²) in [6.45, 7) is 4.65. The van der Waals surface area contributed by atoms with Crippen molar-refractivity contribution in [1.29, 1.82) is 0 Å². The summed E-state index contributed by atoms with van der Waals surface area (Å²) in [6.07, 6.45) is 6.17. The average molecular weight is 412 g/mol. The molecule has 2 heterocycles. The maximum Gasteiger partial charge on any atom is 0.251 e. The molecule has 2 aromatic rings. The Kier molecular flexibility index (Phi) is 8.07. The first-order chi connectivity index (χ1) is 11.0. The number of primary amides is 1. The topological polar surface area (TPSA) is 76.1 Å². The van der Waals surface area contributed by atoms with Crippen LogP contribution in [0.4, 0.5) is 5.00 Å². The van der Waals surface area contributed by atoms with Gasteiger partial charge in [0, 0.05) is 29.9 Å². The Labute approximate surface area is 156 Å². The zero-order valence-electron chi connectivity index (χ0n) is 13.8. The number of halogens is 1. The van der Waals surface area contributed by atoms with Gasteiger partial charge in [-0.25, -0.2) is 4.57 Å². The van der Waals surface area contributed by atoms with Crippen molar-refractivity contribution in [3.8, 4) is 0 Å². The number of hydrogen-bond donors (Lipinski definition) is 2. The minimum atomic E-state index is -0.498. The van der Waals surface area contributed by atoms with Gasteiger partial charge in [0.2, 0.25) is 5.91 Å². The monoisotopic (exact) mass is 411 g/mol. The molecule has 0 saturated heterocycles. The molecule has 0 unspecified atom stereocenters. The molecule has 5 nitrogen and oxygen atoms in total. The number of carbonyl (C=O) groups is 2. The summed E-state index contributed by atoms with van der Waals surface area (Å²) in [7, 11) is 0. The summed E-state index contributed by atoms with van der Waals surface area (Å²) in [5.74, 6) is -0.575. The summed E-state index contributed by atoms with van der Waals surface area (Å²) >= 11 is 1.40. The SMILES string of the molecule is Cc1sc(NC(=O)CCCC[n+]2ccccc2)c(C(N)=O)c1C.[Br-]. The summed E-state index contributed by atoms with van der Waals surface area (Å²) in [5, 5.41) is 3.39. The molecule has 3 N–H and O–H groups in total. The van der Waals surface area contributed by atoms with Gasteiger partial charge in [-0.3, -0.25) is 9.59 Å². The van der Waals surface area contributed by atoms with Crippen molar-refractivity contribution in [2.75, 3.05) is 5.32 Å². The highest BCUT2D eigenvalue weighted by Gasteiger charge is 2.18. The number of anilines is 1. The Morgan fingerprint density at radius 3 is 2.46 bits per heavy atom. The van der Waals surface area contributed by atoms with Gasteiger partial charge in [0.1, 0.15) is 11.5 Å². The van der Waals surface area contributed by atoms with Gasteiger partial charge in [0.15, 0.2) is 12.4 Å². The molecule has 2 amide bonds. The number of nitrogens with two attached hydrogens (primary N) is 1. The highest BCUT2D eigenvalue weighted by atomic mass is 79.9. The van der Waals surface area contributed by atoms with Crippen LogP contribution in [0.25, 0.3) is 0 Å². The first-order valence-corrected chi connectivity index (χ1v) is 8.44. The Bertz CT molecular complexity index is 701. The molecule has 130 valence electrons. The minimum absolute atomic E-state index is 0. The Morgan fingerprint density at radius 1 is 1.17 bits per heavy atom. The van der Waals surface area contributed by atoms with Crippen molar-refractivity contribution in [1.82, 2.24) is 0 Å². The van der Waals surface area contributed by atoms with Gasteiger partial charge < -0.3 is 28.0 Å². The molecule has 0 radical (unpaired) electrons. The van der Waals surface area contributed by atoms with Crippen LogP contribution in [-0.2, 0) is 11.3 Å². The second kappa shape index (κ2) is 9.54. The molecule has 2 aromatic heterocycles. The van der Waals surface area contributed by atoms with E-state index >= 15 is 0 Å². The summed E-state index contributed by atoms with van der Waals surface area (Å²) < 4.78 is 2.09. The van der Waals surface area contributed by atoms with E-state index in [1.165, 1.54) is 11.3 Å². The van der Waals surface area contributed by atoms with Crippen molar-refractivity contribution >= 4 is 28.2 Å². The van der Waals surface area contributed by atoms with Gasteiger partial charge in [-0.2, -0.15) is 0 Å². The molecule has 0 bridgehead atoms. The van der Waals surface area contributed by atoms with Gasteiger partial charge in [0.05, 0.1) is 5.56 Å². The zero-order chi connectivity index (χ0) is 16.8. The first-order valence-electron chi connectivity index (χ1n) is 7.62. The van der Waals surface area contributed by atoms with Crippen LogP contribution in [0.2, 0.25) is 0 Å². The molecule has 0 spiro atoms. The van der Waals surface area contributed by atoms with Gasteiger partial charge in [-0.1, -0.05) is 6.07 Å². The van der Waals surface area contributed by atoms with Crippen LogP contribution in [0.5, 0.6) is 0 Å². The lowest BCUT2D eigenvalue weighted by atomic mass is 10.1. The van der Waals surface area contributed by atoms with E-state index in [4.69, 9.17) is 5.73 Å². The third kappa shape index (κ3) is 5.42. The van der Waals surface area contributed by atoms with Crippen LogP contribution in [0.1, 0.15) is 40.1 Å². The van der Waals surface area contributed by atoms with E-state index in [0.29, 0.717) is 17.0 Å². The Balaban J connectivity index is 0.00000288. The third-order valence-electron chi connectivity index (χ3n) is 3.73. The van der Waals surface area contributed by atoms with Crippen molar-refractivity contribution in [3.05, 3.63) is 46.6 Å². The van der Waals surface area contributed by atoms with E-state index in [0.717, 1.165) is 29.8 Å². The molecule has 24 heavy (non-hydrogen) atoms. The molecule has 0 aliphatic carbocycles. The van der Waals surface area contributed by atoms with Crippen LogP contribution < -0.4 is 32.6 Å². The van der Waals surface area contributed by atoms with Crippen LogP contribution >= 0.6 is 11.3 Å². The number of amides is 2. The van der Waals surface area contributed by atoms with Crippen LogP contribution in [0.15, 0.2) is 30.6 Å². The van der Waals surface area contributed by atoms with E-state index in [-0.39, 0.29) is 22.9 Å². The predicted molar refractivity (Wildman–Crippen MR) is 91.4 cm³/mol. The molecular weight excluding hydrogens is 390 g/mol. The van der Waals surface area contributed by atoms with Gasteiger partial charge >= 0.3 is 0 Å². The van der Waals surface area contributed by atoms with Crippen LogP contribution in [0, 0.1) is 13.8 Å². The van der Waals surface area contributed by atoms with Crippen molar-refractivity contribution in [2.24, 2.45) is 5.73 Å². The van der Waals surface area contributed by atoms with Gasteiger partial charge in [-0.15, -0.1) is 11.3 Å². The predicted octanol–water partition coefficient (Wildman–Crippen LogP) is -0.436. The number of pyridine rings is 1. The fourth-order valence-electron chi connectivity index (χ4n) is 2.36. The Morgan fingerprint density at radius 2 is 1.83 bits per heavy atom. The summed E-state index contributed by atoms with van der Waals surface area (Å²) in [4.78, 5) is 24.6. The van der Waals surface area contributed by atoms with Crippen LogP contribution in [0.3, 0.4) is 0 Å². The quantitative estimate of drug-likeness (QED) is 0.478. The number of rotatable bonds is 7. The second-order valence-electron chi connectivity index (χ2n) is 5.47. The van der Waals surface area contributed by atoms with E-state index in [1.807, 2.05) is 44.4 Å². The normalized spacial score (nSPS) is 10.1. The van der Waals surface area contributed by atoms with Crippen LogP contribution in [-0.4, -0.2) is 11.8 Å². The summed E-state index contributed by atoms with van der Waals surface area (Å²) in [6, 6.07) is 5.95. The van der Waals surface area contributed by atoms with Crippen molar-refractivity contribution in [3.63, 3.8) is 0 Å². The van der Waals surface area contributed by atoms with Gasteiger partial charge in [-0.05, 0) is 25.8 Å². The number of nitrogens with one attached hydrogen (secondary N) is 1. The second-order valence-corrected chi connectivity index (χ2v) is 6.69. The number of hydrogen-bond acceptors (Lipinski definition) is 3. The van der Waals surface area contributed by atoms with Gasteiger partial charge in [0.25, 0.3) is 5.91 Å². The first kappa shape index (κ1) is 20.3. The fraction of sp³-hybridized carbons (Fsp3) is 0.353. The highest BCUT2D eigenvalue weighted by Crippen LogP contribution is 2.32. The zero-order valence-corrected chi connectivity index (χ0v) is 16.2. The van der Waals surface area contributed by atoms with E-state index < -0.39 is 5.91 Å². The molecule has 0 saturated carbocycles. The number of unbranched alkanes of at least 4 members (excludes halogenated alkanes) is 1. The molecule has 7 heteroatoms. The number of carbonyl (C=O) groups excluding carboxylic acids is 2. The molecule has 0 aliphatic heterocycles. The number of nitrogens with zero attached hydrogens (tertiary/aromatic N) is 1. The molecule has 2 rings (SSSR count). The largest absolute Gasteiger partial charge is 1.00 e. The molecule has 0 fully saturated rings. The smallest absolute Gasteiger partial charge is 0.251 e. The Hall–Kier alpha value is -1.73. The highest BCUT2D eigenvalue weighted by molar-refractivity contribution is 7.16. The lowest BCUT2D eigenvalue weighted by Crippen LogP contribution is -3.00. The lowest BCUT2D eigenvalue weighted by Gasteiger charge is -2.04. The maximum absolute atomic E-state index is 12.1. The maximum atomic E-state index is 12.1. The lowest BCUT2D eigenvalue weighted by molar-refractivity contribution is -0.697. The number of aromatic nitrogens is 1.